The van der Waals surface area contributed by atoms with Crippen molar-refractivity contribution in [1.82, 2.24) is 0 Å². The summed E-state index contributed by atoms with van der Waals surface area (Å²) >= 11 is 5.89. The van der Waals surface area contributed by atoms with Gasteiger partial charge in [0.1, 0.15) is 0 Å². The van der Waals surface area contributed by atoms with Crippen LogP contribution >= 0.6 is 11.6 Å². The first kappa shape index (κ1) is 8.36. The fraction of sp³-hybridized carbons (Fsp3) is 0.889. The van der Waals surface area contributed by atoms with Crippen LogP contribution < -0.4 is 0 Å². The smallest absolute Gasteiger partial charge is 0.308 e. The Balaban J connectivity index is 1.81. The van der Waals surface area contributed by atoms with Crippen molar-refractivity contribution < 1.29 is 9.53 Å². The fourth-order valence-electron chi connectivity index (χ4n) is 2.53. The molecule has 2 saturated carbocycles. The van der Waals surface area contributed by atoms with Gasteiger partial charge in [0.05, 0.1) is 13.0 Å². The number of carbonyl (C=O) groups is 1. The molecule has 0 bridgehead atoms. The molecule has 0 N–H and O–H groups in total. The standard InChI is InChI=1S/C9H13ClO2/c1-12-8(11)6-2-9(3-6)4-7(10)5-9/h6-7H,2-5H2,1H3. The Kier molecular flexibility index (Phi) is 1.83. The number of halogens is 1. The number of alkyl halides is 1. The van der Waals surface area contributed by atoms with Crippen molar-refractivity contribution in [3.05, 3.63) is 0 Å². The molecule has 0 heterocycles. The molecule has 2 aliphatic rings. The van der Waals surface area contributed by atoms with Crippen LogP contribution in [0.1, 0.15) is 25.7 Å². The second-order valence-corrected chi connectivity index (χ2v) is 4.75. The summed E-state index contributed by atoms with van der Waals surface area (Å²) < 4.78 is 4.67. The molecule has 0 saturated heterocycles. The van der Waals surface area contributed by atoms with E-state index < -0.39 is 0 Å². The Labute approximate surface area is 77.2 Å². The number of hydrogen-bond acceptors (Lipinski definition) is 2. The normalized spacial score (nSPS) is 44.8. The van der Waals surface area contributed by atoms with Gasteiger partial charge in [-0.05, 0) is 31.1 Å². The lowest BCUT2D eigenvalue weighted by Crippen LogP contribution is -2.50. The summed E-state index contributed by atoms with van der Waals surface area (Å²) in [5.41, 5.74) is 0.436. The zero-order valence-corrected chi connectivity index (χ0v) is 7.93. The Morgan fingerprint density at radius 3 is 2.42 bits per heavy atom. The summed E-state index contributed by atoms with van der Waals surface area (Å²) in [5, 5.41) is 0.364. The highest BCUT2D eigenvalue weighted by atomic mass is 35.5. The van der Waals surface area contributed by atoms with Crippen LogP contribution in [-0.2, 0) is 9.53 Å². The molecule has 0 aromatic heterocycles. The van der Waals surface area contributed by atoms with Crippen LogP contribution in [0.15, 0.2) is 0 Å². The second-order valence-electron chi connectivity index (χ2n) is 4.13. The third kappa shape index (κ3) is 1.13. The van der Waals surface area contributed by atoms with Gasteiger partial charge in [-0.25, -0.2) is 0 Å². The molecule has 2 aliphatic carbocycles. The van der Waals surface area contributed by atoms with E-state index >= 15 is 0 Å². The van der Waals surface area contributed by atoms with Gasteiger partial charge in [0, 0.05) is 5.38 Å². The van der Waals surface area contributed by atoms with Gasteiger partial charge in [-0.15, -0.1) is 11.6 Å². The summed E-state index contributed by atoms with van der Waals surface area (Å²) in [6, 6.07) is 0. The molecule has 0 amide bonds. The summed E-state index contributed by atoms with van der Waals surface area (Å²) in [5.74, 6) is 0.123. The highest BCUT2D eigenvalue weighted by molar-refractivity contribution is 6.21. The molecule has 0 radical (unpaired) electrons. The van der Waals surface area contributed by atoms with Gasteiger partial charge in [0.15, 0.2) is 0 Å². The maximum atomic E-state index is 11.0. The molecule has 2 nitrogen and oxygen atoms in total. The van der Waals surface area contributed by atoms with E-state index in [0.717, 1.165) is 25.7 Å². The fourth-order valence-corrected chi connectivity index (χ4v) is 3.19. The van der Waals surface area contributed by atoms with Gasteiger partial charge in [-0.2, -0.15) is 0 Å². The van der Waals surface area contributed by atoms with Gasteiger partial charge >= 0.3 is 5.97 Å². The van der Waals surface area contributed by atoms with Crippen molar-refractivity contribution in [2.45, 2.75) is 31.1 Å². The lowest BCUT2D eigenvalue weighted by molar-refractivity contribution is -0.157. The number of hydrogen-bond donors (Lipinski definition) is 0. The van der Waals surface area contributed by atoms with E-state index in [0.29, 0.717) is 10.8 Å². The minimum Gasteiger partial charge on any atom is -0.469 e. The van der Waals surface area contributed by atoms with Crippen LogP contribution in [0, 0.1) is 11.3 Å². The Morgan fingerprint density at radius 1 is 1.42 bits per heavy atom. The highest BCUT2D eigenvalue weighted by Crippen LogP contribution is 2.60. The zero-order chi connectivity index (χ0) is 8.77. The Bertz CT molecular complexity index is 201. The molecule has 0 aliphatic heterocycles. The average molecular weight is 189 g/mol. The summed E-state index contributed by atoms with van der Waals surface area (Å²) in [6.07, 6.45) is 4.20. The molecule has 3 heteroatoms. The van der Waals surface area contributed by atoms with E-state index in [1.165, 1.54) is 7.11 Å². The maximum Gasteiger partial charge on any atom is 0.308 e. The van der Waals surface area contributed by atoms with Gasteiger partial charge in [0.2, 0.25) is 0 Å². The molecule has 0 atom stereocenters. The lowest BCUT2D eigenvalue weighted by Gasteiger charge is -2.55. The predicted molar refractivity (Wildman–Crippen MR) is 46.0 cm³/mol. The van der Waals surface area contributed by atoms with E-state index in [4.69, 9.17) is 11.6 Å². The van der Waals surface area contributed by atoms with Crippen molar-refractivity contribution in [3.63, 3.8) is 0 Å². The number of esters is 1. The Morgan fingerprint density at radius 2 is 2.00 bits per heavy atom. The SMILES string of the molecule is COC(=O)C1CC2(CC(Cl)C2)C1. The van der Waals surface area contributed by atoms with E-state index in [-0.39, 0.29) is 11.9 Å². The average Bonchev–Trinajstić information content (AvgIpc) is 1.92. The Hall–Kier alpha value is -0.240. The molecular formula is C9H13ClO2. The van der Waals surface area contributed by atoms with Crippen molar-refractivity contribution in [3.8, 4) is 0 Å². The van der Waals surface area contributed by atoms with E-state index in [9.17, 15) is 4.79 Å². The molecule has 0 unspecified atom stereocenters. The summed E-state index contributed by atoms with van der Waals surface area (Å²) in [6.45, 7) is 0. The highest BCUT2D eigenvalue weighted by Gasteiger charge is 2.54. The molecule has 12 heavy (non-hydrogen) atoms. The van der Waals surface area contributed by atoms with Crippen molar-refractivity contribution in [2.24, 2.45) is 11.3 Å². The second kappa shape index (κ2) is 2.63. The van der Waals surface area contributed by atoms with Gasteiger partial charge in [-0.3, -0.25) is 4.79 Å². The minimum absolute atomic E-state index is 0.0429. The molecule has 0 aromatic carbocycles. The topological polar surface area (TPSA) is 26.3 Å². The van der Waals surface area contributed by atoms with Crippen LogP contribution in [-0.4, -0.2) is 18.5 Å². The first-order chi connectivity index (χ1) is 5.65. The van der Waals surface area contributed by atoms with Crippen molar-refractivity contribution >= 4 is 17.6 Å². The number of methoxy groups -OCH3 is 1. The maximum absolute atomic E-state index is 11.0. The van der Waals surface area contributed by atoms with Gasteiger partial charge < -0.3 is 4.74 Å². The minimum atomic E-state index is -0.0429. The third-order valence-electron chi connectivity index (χ3n) is 3.20. The van der Waals surface area contributed by atoms with E-state index in [2.05, 4.69) is 4.74 Å². The first-order valence-corrected chi connectivity index (χ1v) is 4.81. The van der Waals surface area contributed by atoms with Crippen LogP contribution in [0.2, 0.25) is 0 Å². The summed E-state index contributed by atoms with van der Waals surface area (Å²) in [7, 11) is 1.46. The monoisotopic (exact) mass is 188 g/mol. The van der Waals surface area contributed by atoms with Crippen LogP contribution in [0.3, 0.4) is 0 Å². The summed E-state index contributed by atoms with van der Waals surface area (Å²) in [4.78, 5) is 11.0. The lowest BCUT2D eigenvalue weighted by atomic mass is 9.51. The third-order valence-corrected chi connectivity index (χ3v) is 3.51. The molecular weight excluding hydrogens is 176 g/mol. The number of rotatable bonds is 1. The molecule has 2 rings (SSSR count). The predicted octanol–water partition coefficient (Wildman–Crippen LogP) is 1.96. The molecule has 1 spiro atoms. The van der Waals surface area contributed by atoms with Crippen LogP contribution in [0.25, 0.3) is 0 Å². The zero-order valence-electron chi connectivity index (χ0n) is 7.18. The number of ether oxygens (including phenoxy) is 1. The van der Waals surface area contributed by atoms with Gasteiger partial charge in [0.25, 0.3) is 0 Å². The first-order valence-electron chi connectivity index (χ1n) is 4.37. The van der Waals surface area contributed by atoms with Crippen LogP contribution in [0.4, 0.5) is 0 Å². The van der Waals surface area contributed by atoms with E-state index in [1.54, 1.807) is 0 Å². The van der Waals surface area contributed by atoms with Crippen molar-refractivity contribution in [2.75, 3.05) is 7.11 Å². The van der Waals surface area contributed by atoms with E-state index in [1.807, 2.05) is 0 Å². The van der Waals surface area contributed by atoms with Crippen molar-refractivity contribution in [1.29, 1.82) is 0 Å². The van der Waals surface area contributed by atoms with Gasteiger partial charge in [-0.1, -0.05) is 0 Å². The quantitative estimate of drug-likeness (QED) is 0.465. The molecule has 0 aromatic rings. The molecule has 68 valence electrons. The molecule has 2 fully saturated rings. The number of carbonyl (C=O) groups excluding carboxylic acids is 1. The largest absolute Gasteiger partial charge is 0.469 e. The van der Waals surface area contributed by atoms with Crippen LogP contribution in [0.5, 0.6) is 0 Å².